The molecule has 0 aliphatic rings. The Labute approximate surface area is 210 Å². The third-order valence-electron chi connectivity index (χ3n) is 4.39. The summed E-state index contributed by atoms with van der Waals surface area (Å²) >= 11 is 1.47. The van der Waals surface area contributed by atoms with E-state index in [2.05, 4.69) is 111 Å². The van der Waals surface area contributed by atoms with Gasteiger partial charge in [0.15, 0.2) is 0 Å². The molecule has 0 N–H and O–H groups in total. The molecule has 0 saturated carbocycles. The van der Waals surface area contributed by atoms with Gasteiger partial charge in [-0.3, -0.25) is 9.97 Å². The van der Waals surface area contributed by atoms with E-state index < -0.39 is 0 Å². The Bertz CT molecular complexity index is 955. The first-order chi connectivity index (χ1) is 15.3. The van der Waals surface area contributed by atoms with Crippen molar-refractivity contribution in [3.8, 4) is 22.6 Å². The van der Waals surface area contributed by atoms with E-state index >= 15 is 0 Å². The summed E-state index contributed by atoms with van der Waals surface area (Å²) in [6.07, 6.45) is 1.88. The summed E-state index contributed by atoms with van der Waals surface area (Å²) in [4.78, 5) is 9.47. The van der Waals surface area contributed by atoms with Gasteiger partial charge in [0.1, 0.15) is 0 Å². The molecule has 4 heteroatoms. The van der Waals surface area contributed by atoms with Crippen molar-refractivity contribution in [3.63, 3.8) is 0 Å². The Hall–Kier alpha value is -2.02. The molecular formula is C28H34ClIrN2. The van der Waals surface area contributed by atoms with Gasteiger partial charge < -0.3 is 6.92 Å². The van der Waals surface area contributed by atoms with Crippen LogP contribution in [0.4, 0.5) is 0 Å². The number of rotatable bonds is 3. The quantitative estimate of drug-likeness (QED) is 0.215. The number of benzene rings is 1. The number of hydrogen-bond acceptors (Lipinski definition) is 2. The van der Waals surface area contributed by atoms with E-state index in [0.29, 0.717) is 5.92 Å². The number of hydrogen-bond donors (Lipinski definition) is 0. The van der Waals surface area contributed by atoms with Crippen LogP contribution in [-0.4, -0.2) is 9.97 Å². The summed E-state index contributed by atoms with van der Waals surface area (Å²) in [6, 6.07) is 19.8. The van der Waals surface area contributed by atoms with Crippen molar-refractivity contribution in [2.75, 3.05) is 0 Å². The molecule has 0 radical (unpaired) electrons. The molecule has 0 unspecified atom stereocenters. The average Bonchev–Trinajstić information content (AvgIpc) is 2.82. The van der Waals surface area contributed by atoms with E-state index in [4.69, 9.17) is 4.98 Å². The van der Waals surface area contributed by atoms with Gasteiger partial charge in [-0.1, -0.05) is 53.8 Å². The summed E-state index contributed by atoms with van der Waals surface area (Å²) in [5, 5.41) is 0. The number of nitrogens with zero attached hydrogens (tertiary/aromatic N) is 2. The van der Waals surface area contributed by atoms with Crippen molar-refractivity contribution in [2.45, 2.75) is 52.9 Å². The first kappa shape index (κ1) is 30.0. The van der Waals surface area contributed by atoms with Crippen molar-refractivity contribution >= 4 is 9.58 Å². The summed E-state index contributed by atoms with van der Waals surface area (Å²) in [5.74, 6) is 0.467. The SMILES string of the molecule is C=C=C.CC(C)c1ccnc(-c2cc(C(C)(C)C)cc(-c3[c-]cccc3)n2)c1.[CH2-]C.[Cl][Ir+2]. The topological polar surface area (TPSA) is 25.8 Å². The molecule has 0 fully saturated rings. The van der Waals surface area contributed by atoms with Crippen LogP contribution in [0.1, 0.15) is 58.6 Å². The number of aromatic nitrogens is 2. The monoisotopic (exact) mass is 626 g/mol. The Morgan fingerprint density at radius 2 is 1.59 bits per heavy atom. The molecule has 0 aliphatic carbocycles. The van der Waals surface area contributed by atoms with E-state index in [1.54, 1.807) is 6.92 Å². The minimum atomic E-state index is 0.0386. The second-order valence-electron chi connectivity index (χ2n) is 8.03. The van der Waals surface area contributed by atoms with Gasteiger partial charge in [-0.05, 0) is 46.4 Å². The Balaban J connectivity index is 0.00000124. The third kappa shape index (κ3) is 9.63. The predicted octanol–water partition coefficient (Wildman–Crippen LogP) is 8.52. The van der Waals surface area contributed by atoms with Gasteiger partial charge in [-0.2, -0.15) is 6.92 Å². The molecule has 2 nitrogen and oxygen atoms in total. The Morgan fingerprint density at radius 1 is 1.00 bits per heavy atom. The van der Waals surface area contributed by atoms with E-state index in [0.717, 1.165) is 22.6 Å². The van der Waals surface area contributed by atoms with Gasteiger partial charge in [0, 0.05) is 6.20 Å². The molecule has 1 aromatic carbocycles. The summed E-state index contributed by atoms with van der Waals surface area (Å²) in [6.45, 7) is 22.3. The van der Waals surface area contributed by atoms with Gasteiger partial charge in [0.2, 0.25) is 0 Å². The van der Waals surface area contributed by atoms with Crippen LogP contribution in [0.5, 0.6) is 0 Å². The fourth-order valence-corrected chi connectivity index (χ4v) is 2.73. The third-order valence-corrected chi connectivity index (χ3v) is 4.39. The molecule has 0 atom stereocenters. The average molecular weight is 626 g/mol. The number of pyridine rings is 2. The zero-order valence-corrected chi connectivity index (χ0v) is 23.2. The zero-order chi connectivity index (χ0) is 24.7. The van der Waals surface area contributed by atoms with E-state index in [9.17, 15) is 0 Å². The molecule has 2 heterocycles. The van der Waals surface area contributed by atoms with Crippen LogP contribution in [-0.2, 0) is 23.3 Å². The standard InChI is InChI=1S/C23H25N2.C3H4.C2H5.ClH.Ir/c1-16(2)18-11-12-24-21(13-18)22-15-19(23(3,4)5)14-20(25-22)17-9-7-6-8-10-17;1-3-2;1-2;;/h6-9,11-16H,1-5H3;1-2H2;1H2,2H3;1H;/q-1;;-1;;+3/p-1. The second-order valence-corrected chi connectivity index (χ2v) is 8.03. The van der Waals surface area contributed by atoms with E-state index in [1.807, 2.05) is 24.4 Å². The molecule has 32 heavy (non-hydrogen) atoms. The van der Waals surface area contributed by atoms with Crippen molar-refractivity contribution < 1.29 is 17.9 Å². The molecule has 0 bridgehead atoms. The van der Waals surface area contributed by atoms with Crippen LogP contribution < -0.4 is 0 Å². The van der Waals surface area contributed by atoms with Gasteiger partial charge in [-0.15, -0.1) is 41.6 Å². The normalized spacial score (nSPS) is 9.81. The van der Waals surface area contributed by atoms with Crippen LogP contribution in [0.3, 0.4) is 0 Å². The van der Waals surface area contributed by atoms with E-state index in [1.165, 1.54) is 29.0 Å². The van der Waals surface area contributed by atoms with E-state index in [-0.39, 0.29) is 5.41 Å². The zero-order valence-electron chi connectivity index (χ0n) is 20.0. The summed E-state index contributed by atoms with van der Waals surface area (Å²) in [7, 11) is 4.64. The Morgan fingerprint density at radius 3 is 2.09 bits per heavy atom. The molecule has 0 amide bonds. The van der Waals surface area contributed by atoms with Crippen LogP contribution in [0, 0.1) is 13.0 Å². The van der Waals surface area contributed by atoms with Crippen molar-refractivity contribution in [3.05, 3.63) is 97.7 Å². The van der Waals surface area contributed by atoms with Gasteiger partial charge >= 0.3 is 27.5 Å². The number of halogens is 1. The second kappa shape index (κ2) is 15.7. The summed E-state index contributed by atoms with van der Waals surface area (Å²) in [5.41, 5.74) is 8.62. The molecule has 2 aromatic heterocycles. The predicted molar refractivity (Wildman–Crippen MR) is 136 cm³/mol. The van der Waals surface area contributed by atoms with Gasteiger partial charge in [0.05, 0.1) is 11.4 Å². The van der Waals surface area contributed by atoms with Crippen molar-refractivity contribution in [1.29, 1.82) is 0 Å². The first-order valence-corrected chi connectivity index (χ1v) is 13.3. The molecule has 3 aromatic rings. The molecule has 0 saturated heterocycles. The van der Waals surface area contributed by atoms with Crippen molar-refractivity contribution in [2.24, 2.45) is 0 Å². The fraction of sp³-hybridized carbons (Fsp3) is 0.286. The molecule has 3 rings (SSSR count). The van der Waals surface area contributed by atoms with Crippen LogP contribution in [0.2, 0.25) is 0 Å². The fourth-order valence-electron chi connectivity index (χ4n) is 2.73. The summed E-state index contributed by atoms with van der Waals surface area (Å²) < 4.78 is 0. The Kier molecular flexibility index (Phi) is 14.7. The van der Waals surface area contributed by atoms with Gasteiger partial charge in [-0.25, -0.2) is 0 Å². The maximum absolute atomic E-state index is 4.89. The maximum atomic E-state index is 4.89. The van der Waals surface area contributed by atoms with Gasteiger partial charge in [0.25, 0.3) is 0 Å². The molecular weight excluding hydrogens is 592 g/mol. The van der Waals surface area contributed by atoms with Crippen molar-refractivity contribution in [1.82, 2.24) is 9.97 Å². The molecule has 0 spiro atoms. The minimum absolute atomic E-state index is 0.0386. The van der Waals surface area contributed by atoms with Crippen LogP contribution >= 0.6 is 9.58 Å². The van der Waals surface area contributed by atoms with Crippen LogP contribution in [0.15, 0.2) is 73.6 Å². The van der Waals surface area contributed by atoms with Crippen LogP contribution in [0.25, 0.3) is 22.6 Å². The molecule has 0 aliphatic heterocycles. The molecule has 172 valence electrons. The first-order valence-electron chi connectivity index (χ1n) is 10.3.